The first-order chi connectivity index (χ1) is 8.74. The molecular formula is C14H17NO3. The largest absolute Gasteiger partial charge is 0.497 e. The molecule has 0 bridgehead atoms. The van der Waals surface area contributed by atoms with E-state index in [-0.39, 0.29) is 12.0 Å². The Balaban J connectivity index is 1.76. The molecule has 1 aromatic rings. The Kier molecular flexibility index (Phi) is 3.97. The first-order valence-electron chi connectivity index (χ1n) is 6.10. The van der Waals surface area contributed by atoms with Crippen molar-refractivity contribution >= 4 is 11.7 Å². The maximum atomic E-state index is 11.4. The zero-order valence-corrected chi connectivity index (χ0v) is 10.7. The van der Waals surface area contributed by atoms with Gasteiger partial charge in [0.05, 0.1) is 19.4 Å². The van der Waals surface area contributed by atoms with Crippen LogP contribution in [0.15, 0.2) is 29.3 Å². The predicted molar refractivity (Wildman–Crippen MR) is 69.2 cm³/mol. The van der Waals surface area contributed by atoms with Gasteiger partial charge in [-0.3, -0.25) is 4.99 Å². The van der Waals surface area contributed by atoms with E-state index in [9.17, 15) is 4.79 Å². The first-order valence-corrected chi connectivity index (χ1v) is 6.10. The van der Waals surface area contributed by atoms with Gasteiger partial charge >= 0.3 is 5.97 Å². The molecular weight excluding hydrogens is 230 g/mol. The molecule has 1 aliphatic heterocycles. The summed E-state index contributed by atoms with van der Waals surface area (Å²) in [6, 6.07) is 7.63. The molecule has 0 unspecified atom stereocenters. The van der Waals surface area contributed by atoms with Crippen LogP contribution in [0.2, 0.25) is 0 Å². The van der Waals surface area contributed by atoms with Gasteiger partial charge in [0.2, 0.25) is 0 Å². The Morgan fingerprint density at radius 1 is 1.28 bits per heavy atom. The number of methoxy groups -OCH3 is 1. The Labute approximate surface area is 107 Å². The van der Waals surface area contributed by atoms with Gasteiger partial charge in [0, 0.05) is 0 Å². The van der Waals surface area contributed by atoms with E-state index in [0.29, 0.717) is 6.61 Å². The number of aliphatic imine (C=N–C) groups is 1. The summed E-state index contributed by atoms with van der Waals surface area (Å²) < 4.78 is 10.0. The standard InChI is InChI=1S/C14H17NO3/c1-3-18-14(16)13-12(15-13)9-6-10-4-7-11(17-2)8-5-10/h4-5,7-8,13H,3,6,9H2,1-2H3/t13-/m1/s1. The number of carbonyl (C=O) groups excluding carboxylic acids is 1. The maximum absolute atomic E-state index is 11.4. The van der Waals surface area contributed by atoms with E-state index in [2.05, 4.69) is 4.99 Å². The second-order valence-electron chi connectivity index (χ2n) is 4.12. The van der Waals surface area contributed by atoms with Gasteiger partial charge in [-0.1, -0.05) is 12.1 Å². The number of aryl methyl sites for hydroxylation is 1. The highest BCUT2D eigenvalue weighted by Crippen LogP contribution is 2.20. The average Bonchev–Trinajstić information content (AvgIpc) is 3.17. The minimum atomic E-state index is -0.303. The molecule has 0 fully saturated rings. The molecule has 0 spiro atoms. The van der Waals surface area contributed by atoms with Crippen LogP contribution in [0.1, 0.15) is 18.9 Å². The van der Waals surface area contributed by atoms with E-state index in [1.165, 1.54) is 5.56 Å². The minimum absolute atomic E-state index is 0.220. The fourth-order valence-corrected chi connectivity index (χ4v) is 1.80. The number of hydrogen-bond acceptors (Lipinski definition) is 4. The summed E-state index contributed by atoms with van der Waals surface area (Å²) in [5, 5.41) is 0. The van der Waals surface area contributed by atoms with E-state index < -0.39 is 0 Å². The van der Waals surface area contributed by atoms with Crippen molar-refractivity contribution in [2.45, 2.75) is 25.8 Å². The maximum Gasteiger partial charge on any atom is 0.336 e. The summed E-state index contributed by atoms with van der Waals surface area (Å²) in [6.07, 6.45) is 1.70. The normalized spacial score (nSPS) is 17.0. The van der Waals surface area contributed by atoms with Crippen LogP contribution in [0.3, 0.4) is 0 Å². The molecule has 0 saturated heterocycles. The Morgan fingerprint density at radius 2 is 2.00 bits per heavy atom. The molecule has 2 rings (SSSR count). The van der Waals surface area contributed by atoms with E-state index in [1.54, 1.807) is 14.0 Å². The van der Waals surface area contributed by atoms with Crippen LogP contribution in [0, 0.1) is 0 Å². The van der Waals surface area contributed by atoms with Crippen molar-refractivity contribution in [1.82, 2.24) is 0 Å². The number of ether oxygens (including phenoxy) is 2. The number of hydrogen-bond donors (Lipinski definition) is 0. The van der Waals surface area contributed by atoms with Gasteiger partial charge in [-0.05, 0) is 37.5 Å². The van der Waals surface area contributed by atoms with Gasteiger partial charge < -0.3 is 9.47 Å². The second kappa shape index (κ2) is 5.67. The molecule has 96 valence electrons. The second-order valence-corrected chi connectivity index (χ2v) is 4.12. The van der Waals surface area contributed by atoms with Crippen molar-refractivity contribution in [3.05, 3.63) is 29.8 Å². The molecule has 0 aliphatic carbocycles. The van der Waals surface area contributed by atoms with Crippen LogP contribution in [-0.4, -0.2) is 31.4 Å². The summed E-state index contributed by atoms with van der Waals surface area (Å²) in [5.41, 5.74) is 2.16. The summed E-state index contributed by atoms with van der Waals surface area (Å²) in [4.78, 5) is 15.5. The van der Waals surface area contributed by atoms with Crippen molar-refractivity contribution in [3.8, 4) is 5.75 Å². The van der Waals surface area contributed by atoms with Crippen molar-refractivity contribution in [2.24, 2.45) is 4.99 Å². The third-order valence-electron chi connectivity index (χ3n) is 2.88. The molecule has 1 heterocycles. The lowest BCUT2D eigenvalue weighted by atomic mass is 10.1. The molecule has 4 nitrogen and oxygen atoms in total. The molecule has 0 radical (unpaired) electrons. The summed E-state index contributed by atoms with van der Waals surface area (Å²) >= 11 is 0. The Morgan fingerprint density at radius 3 is 2.61 bits per heavy atom. The van der Waals surface area contributed by atoms with Crippen molar-refractivity contribution in [1.29, 1.82) is 0 Å². The first kappa shape index (κ1) is 12.6. The van der Waals surface area contributed by atoms with Gasteiger partial charge in [0.25, 0.3) is 0 Å². The fraction of sp³-hybridized carbons (Fsp3) is 0.429. The zero-order valence-electron chi connectivity index (χ0n) is 10.7. The molecule has 18 heavy (non-hydrogen) atoms. The van der Waals surface area contributed by atoms with Gasteiger partial charge in [-0.15, -0.1) is 0 Å². The van der Waals surface area contributed by atoms with Crippen LogP contribution in [0.5, 0.6) is 5.75 Å². The number of rotatable bonds is 6. The predicted octanol–water partition coefficient (Wildman–Crippen LogP) is 2.01. The molecule has 0 N–H and O–H groups in total. The third-order valence-corrected chi connectivity index (χ3v) is 2.88. The zero-order chi connectivity index (χ0) is 13.0. The Bertz CT molecular complexity index is 451. The highest BCUT2D eigenvalue weighted by atomic mass is 16.5. The highest BCUT2D eigenvalue weighted by Gasteiger charge is 2.35. The molecule has 0 amide bonds. The van der Waals surface area contributed by atoms with Crippen LogP contribution in [-0.2, 0) is 16.0 Å². The van der Waals surface area contributed by atoms with E-state index in [4.69, 9.17) is 9.47 Å². The third kappa shape index (κ3) is 3.09. The molecule has 0 saturated carbocycles. The van der Waals surface area contributed by atoms with Gasteiger partial charge in [0.15, 0.2) is 6.04 Å². The van der Waals surface area contributed by atoms with Crippen molar-refractivity contribution in [3.63, 3.8) is 0 Å². The van der Waals surface area contributed by atoms with E-state index in [1.807, 2.05) is 24.3 Å². The van der Waals surface area contributed by atoms with Crippen LogP contribution in [0.25, 0.3) is 0 Å². The SMILES string of the molecule is CCOC(=O)[C@@H]1N=C1CCc1ccc(OC)cc1. The lowest BCUT2D eigenvalue weighted by molar-refractivity contribution is -0.142. The fourth-order valence-electron chi connectivity index (χ4n) is 1.80. The number of benzene rings is 1. The van der Waals surface area contributed by atoms with Crippen LogP contribution >= 0.6 is 0 Å². The topological polar surface area (TPSA) is 47.9 Å². The summed E-state index contributed by atoms with van der Waals surface area (Å²) in [7, 11) is 1.65. The van der Waals surface area contributed by atoms with Gasteiger partial charge in [-0.25, -0.2) is 4.79 Å². The van der Waals surface area contributed by atoms with E-state index in [0.717, 1.165) is 24.3 Å². The van der Waals surface area contributed by atoms with Crippen LogP contribution in [0.4, 0.5) is 0 Å². The van der Waals surface area contributed by atoms with E-state index >= 15 is 0 Å². The average molecular weight is 247 g/mol. The molecule has 1 atom stereocenters. The van der Waals surface area contributed by atoms with Crippen LogP contribution < -0.4 is 4.74 Å². The lowest BCUT2D eigenvalue weighted by Gasteiger charge is -2.02. The number of carbonyl (C=O) groups is 1. The van der Waals surface area contributed by atoms with Gasteiger partial charge in [-0.2, -0.15) is 0 Å². The summed E-state index contributed by atoms with van der Waals surface area (Å²) in [6.45, 7) is 2.22. The smallest absolute Gasteiger partial charge is 0.336 e. The molecule has 1 aliphatic rings. The Hall–Kier alpha value is -1.84. The quantitative estimate of drug-likeness (QED) is 0.722. The number of nitrogens with zero attached hydrogens (tertiary/aromatic N) is 1. The molecule has 1 aromatic carbocycles. The van der Waals surface area contributed by atoms with Crippen molar-refractivity contribution < 1.29 is 14.3 Å². The summed E-state index contributed by atoms with van der Waals surface area (Å²) in [5.74, 6) is 0.633. The number of esters is 1. The molecule has 0 aromatic heterocycles. The minimum Gasteiger partial charge on any atom is -0.497 e. The molecule has 4 heteroatoms. The van der Waals surface area contributed by atoms with Gasteiger partial charge in [0.1, 0.15) is 5.75 Å². The lowest BCUT2D eigenvalue weighted by Crippen LogP contribution is -2.16. The highest BCUT2D eigenvalue weighted by molar-refractivity contribution is 6.16. The monoisotopic (exact) mass is 247 g/mol. The van der Waals surface area contributed by atoms with Crippen molar-refractivity contribution in [2.75, 3.05) is 13.7 Å².